The van der Waals surface area contributed by atoms with Crippen molar-refractivity contribution >= 4 is 6.09 Å². The molecule has 1 rings (SSSR count). The topological polar surface area (TPSA) is 90.8 Å². The van der Waals surface area contributed by atoms with Crippen LogP contribution < -0.4 is 0 Å². The first-order valence-corrected chi connectivity index (χ1v) is 7.21. The maximum Gasteiger partial charge on any atom is 0.410 e. The third-order valence-corrected chi connectivity index (χ3v) is 2.97. The molecular weight excluding hydrogens is 274 g/mol. The fourth-order valence-electron chi connectivity index (χ4n) is 1.93. The van der Waals surface area contributed by atoms with Crippen molar-refractivity contribution in [1.82, 2.24) is 9.80 Å². The summed E-state index contributed by atoms with van der Waals surface area (Å²) in [6, 6.07) is 0. The highest BCUT2D eigenvalue weighted by Crippen LogP contribution is 2.11. The Balaban J connectivity index is 2.14. The van der Waals surface area contributed by atoms with Gasteiger partial charge in [0.05, 0.1) is 13.2 Å². The van der Waals surface area contributed by atoms with Crippen LogP contribution in [0.5, 0.6) is 0 Å². The van der Waals surface area contributed by atoms with Crippen LogP contribution in [0.15, 0.2) is 5.11 Å². The lowest BCUT2D eigenvalue weighted by molar-refractivity contribution is 0.0117. The molecule has 0 N–H and O–H groups in total. The van der Waals surface area contributed by atoms with Crippen LogP contribution >= 0.6 is 0 Å². The molecule has 1 aliphatic heterocycles. The van der Waals surface area contributed by atoms with E-state index in [9.17, 15) is 4.79 Å². The molecule has 1 fully saturated rings. The van der Waals surface area contributed by atoms with E-state index in [4.69, 9.17) is 15.0 Å². The Morgan fingerprint density at radius 2 is 1.90 bits per heavy atom. The normalized spacial score (nSPS) is 16.4. The van der Waals surface area contributed by atoms with Crippen LogP contribution in [0.4, 0.5) is 4.79 Å². The predicted octanol–water partition coefficient (Wildman–Crippen LogP) is 1.87. The summed E-state index contributed by atoms with van der Waals surface area (Å²) >= 11 is 0. The summed E-state index contributed by atoms with van der Waals surface area (Å²) in [5.74, 6) is 0. The predicted molar refractivity (Wildman–Crippen MR) is 79.1 cm³/mol. The number of nitrogens with zero attached hydrogens (tertiary/aromatic N) is 5. The van der Waals surface area contributed by atoms with Gasteiger partial charge in [-0.2, -0.15) is 0 Å². The molecule has 0 aromatic heterocycles. The van der Waals surface area contributed by atoms with Gasteiger partial charge in [-0.1, -0.05) is 5.11 Å². The Hall–Kier alpha value is -1.50. The molecule has 0 spiro atoms. The number of rotatable bonds is 6. The Labute approximate surface area is 125 Å². The lowest BCUT2D eigenvalue weighted by atomic mass is 10.2. The third-order valence-electron chi connectivity index (χ3n) is 2.97. The summed E-state index contributed by atoms with van der Waals surface area (Å²) in [6.07, 6.45) is -0.243. The van der Waals surface area contributed by atoms with Gasteiger partial charge in [-0.25, -0.2) is 4.79 Å². The molecule has 1 amide bonds. The number of azide groups is 1. The van der Waals surface area contributed by atoms with Crippen molar-refractivity contribution in [2.75, 3.05) is 52.5 Å². The molecule has 0 saturated carbocycles. The van der Waals surface area contributed by atoms with E-state index in [0.717, 1.165) is 19.6 Å². The van der Waals surface area contributed by atoms with E-state index in [1.54, 1.807) is 4.90 Å². The van der Waals surface area contributed by atoms with Gasteiger partial charge in [-0.3, -0.25) is 4.90 Å². The molecule has 1 aliphatic rings. The van der Waals surface area contributed by atoms with Gasteiger partial charge in [0, 0.05) is 44.2 Å². The number of carbonyl (C=O) groups excluding carboxylic acids is 1. The minimum absolute atomic E-state index is 0.243. The lowest BCUT2D eigenvalue weighted by Crippen LogP contribution is -2.50. The molecule has 0 aromatic carbocycles. The first-order valence-electron chi connectivity index (χ1n) is 7.21. The van der Waals surface area contributed by atoms with Gasteiger partial charge in [0.15, 0.2) is 0 Å². The zero-order valence-electron chi connectivity index (χ0n) is 13.1. The smallest absolute Gasteiger partial charge is 0.410 e. The highest BCUT2D eigenvalue weighted by molar-refractivity contribution is 5.68. The van der Waals surface area contributed by atoms with Crippen LogP contribution in [0.1, 0.15) is 20.8 Å². The molecule has 0 atom stereocenters. The van der Waals surface area contributed by atoms with Crippen LogP contribution in [0.25, 0.3) is 10.4 Å². The summed E-state index contributed by atoms with van der Waals surface area (Å²) in [7, 11) is 0. The molecule has 0 aromatic rings. The number of hydrogen-bond acceptors (Lipinski definition) is 5. The molecule has 1 saturated heterocycles. The molecular formula is C13H25N5O3. The molecule has 0 unspecified atom stereocenters. The van der Waals surface area contributed by atoms with Crippen molar-refractivity contribution in [3.8, 4) is 0 Å². The van der Waals surface area contributed by atoms with Crippen molar-refractivity contribution in [3.63, 3.8) is 0 Å². The van der Waals surface area contributed by atoms with Crippen LogP contribution in [-0.4, -0.2) is 74.0 Å². The maximum atomic E-state index is 11.9. The quantitative estimate of drug-likeness (QED) is 0.324. The average Bonchev–Trinajstić information content (AvgIpc) is 2.41. The summed E-state index contributed by atoms with van der Waals surface area (Å²) in [5, 5.41) is 3.40. The Kier molecular flexibility index (Phi) is 7.28. The number of amides is 1. The van der Waals surface area contributed by atoms with Crippen LogP contribution in [0.2, 0.25) is 0 Å². The molecule has 1 heterocycles. The standard InChI is InChI=1S/C13H25N5O3/c1-13(2,3)21-12(19)18-7-5-17(6-8-18)9-11-20-10-4-15-16-14/h4-11H2,1-3H3. The van der Waals surface area contributed by atoms with E-state index in [1.807, 2.05) is 20.8 Å². The van der Waals surface area contributed by atoms with Crippen molar-refractivity contribution in [1.29, 1.82) is 0 Å². The SMILES string of the molecule is CC(C)(C)OC(=O)N1CCN(CCOCCN=[N+]=[N-])CC1. The minimum Gasteiger partial charge on any atom is -0.444 e. The first-order chi connectivity index (χ1) is 9.92. The Morgan fingerprint density at radius 3 is 2.48 bits per heavy atom. The van der Waals surface area contributed by atoms with Gasteiger partial charge in [0.25, 0.3) is 0 Å². The van der Waals surface area contributed by atoms with Crippen molar-refractivity contribution < 1.29 is 14.3 Å². The van der Waals surface area contributed by atoms with Crippen molar-refractivity contribution in [2.24, 2.45) is 5.11 Å². The number of carbonyl (C=O) groups is 1. The van der Waals surface area contributed by atoms with E-state index in [1.165, 1.54) is 0 Å². The van der Waals surface area contributed by atoms with Gasteiger partial charge < -0.3 is 14.4 Å². The molecule has 0 aliphatic carbocycles. The second-order valence-electron chi connectivity index (χ2n) is 5.88. The number of piperazine rings is 1. The van der Waals surface area contributed by atoms with Crippen LogP contribution in [0.3, 0.4) is 0 Å². The summed E-state index contributed by atoms with van der Waals surface area (Å²) in [6.45, 7) is 10.8. The molecule has 8 nitrogen and oxygen atoms in total. The Bertz CT molecular complexity index is 368. The second kappa shape index (κ2) is 8.71. The maximum absolute atomic E-state index is 11.9. The van der Waals surface area contributed by atoms with E-state index >= 15 is 0 Å². The fourth-order valence-corrected chi connectivity index (χ4v) is 1.93. The van der Waals surface area contributed by atoms with Crippen molar-refractivity contribution in [3.05, 3.63) is 10.4 Å². The van der Waals surface area contributed by atoms with Gasteiger partial charge in [-0.05, 0) is 26.3 Å². The van der Waals surface area contributed by atoms with Gasteiger partial charge in [-0.15, -0.1) is 0 Å². The minimum atomic E-state index is -0.450. The zero-order valence-corrected chi connectivity index (χ0v) is 13.1. The van der Waals surface area contributed by atoms with Crippen LogP contribution in [0, 0.1) is 0 Å². The average molecular weight is 299 g/mol. The molecule has 0 radical (unpaired) electrons. The first kappa shape index (κ1) is 17.6. The largest absolute Gasteiger partial charge is 0.444 e. The van der Waals surface area contributed by atoms with Gasteiger partial charge >= 0.3 is 6.09 Å². The summed E-state index contributed by atoms with van der Waals surface area (Å²) in [5.41, 5.74) is 7.67. The highest BCUT2D eigenvalue weighted by atomic mass is 16.6. The second-order valence-corrected chi connectivity index (χ2v) is 5.88. The molecule has 120 valence electrons. The summed E-state index contributed by atoms with van der Waals surface area (Å²) < 4.78 is 10.7. The van der Waals surface area contributed by atoms with E-state index in [0.29, 0.717) is 32.8 Å². The number of ether oxygens (including phenoxy) is 2. The van der Waals surface area contributed by atoms with Crippen LogP contribution in [-0.2, 0) is 9.47 Å². The molecule has 8 heteroatoms. The number of hydrogen-bond donors (Lipinski definition) is 0. The lowest BCUT2D eigenvalue weighted by Gasteiger charge is -2.35. The van der Waals surface area contributed by atoms with E-state index in [2.05, 4.69) is 14.9 Å². The Morgan fingerprint density at radius 1 is 1.24 bits per heavy atom. The monoisotopic (exact) mass is 299 g/mol. The van der Waals surface area contributed by atoms with Crippen molar-refractivity contribution in [2.45, 2.75) is 26.4 Å². The molecule has 21 heavy (non-hydrogen) atoms. The zero-order chi connectivity index (χ0) is 15.7. The highest BCUT2D eigenvalue weighted by Gasteiger charge is 2.25. The van der Waals surface area contributed by atoms with E-state index in [-0.39, 0.29) is 6.09 Å². The third kappa shape index (κ3) is 7.75. The van der Waals surface area contributed by atoms with E-state index < -0.39 is 5.60 Å². The van der Waals surface area contributed by atoms with Gasteiger partial charge in [0.2, 0.25) is 0 Å². The van der Waals surface area contributed by atoms with Gasteiger partial charge in [0.1, 0.15) is 5.60 Å². The molecule has 0 bridgehead atoms. The summed E-state index contributed by atoms with van der Waals surface area (Å²) in [4.78, 5) is 18.5. The fraction of sp³-hybridized carbons (Fsp3) is 0.923.